The number of ether oxygens (including phenoxy) is 1. The van der Waals surface area contributed by atoms with Crippen molar-refractivity contribution in [3.05, 3.63) is 51.6 Å². The van der Waals surface area contributed by atoms with Crippen LogP contribution in [0.1, 0.15) is 31.1 Å². The molecule has 0 fully saturated rings. The number of anilines is 2. The van der Waals surface area contributed by atoms with Crippen molar-refractivity contribution < 1.29 is 19.4 Å². The number of hydrogen-bond donors (Lipinski definition) is 2. The lowest BCUT2D eigenvalue weighted by Crippen LogP contribution is -2.30. The van der Waals surface area contributed by atoms with Gasteiger partial charge in [0.1, 0.15) is 11.3 Å². The zero-order valence-corrected chi connectivity index (χ0v) is 17.7. The van der Waals surface area contributed by atoms with E-state index in [4.69, 9.17) is 4.74 Å². The Morgan fingerprint density at radius 3 is 2.44 bits per heavy atom. The van der Waals surface area contributed by atoms with E-state index in [1.165, 1.54) is 12.1 Å². The Kier molecular flexibility index (Phi) is 7.46. The molecule has 7 heteroatoms. The highest BCUT2D eigenvalue weighted by atomic mass is 127. The summed E-state index contributed by atoms with van der Waals surface area (Å²) in [4.78, 5) is 26.3. The Bertz CT molecular complexity index is 806. The minimum atomic E-state index is -0.743. The number of esters is 1. The van der Waals surface area contributed by atoms with Crippen molar-refractivity contribution in [3.8, 4) is 5.75 Å². The molecule has 0 bridgehead atoms. The van der Waals surface area contributed by atoms with Gasteiger partial charge in [-0.15, -0.1) is 0 Å². The molecule has 2 rings (SSSR count). The van der Waals surface area contributed by atoms with E-state index in [2.05, 4.69) is 31.0 Å². The largest absolute Gasteiger partial charge is 0.507 e. The SMILES string of the molecule is CCN(c1ccc(NC(=O)COC(=O)c2cc(I)ccc2O)cc1)C(C)C. The first kappa shape index (κ1) is 21.0. The van der Waals surface area contributed by atoms with Crippen molar-refractivity contribution >= 4 is 45.8 Å². The Morgan fingerprint density at radius 2 is 1.85 bits per heavy atom. The number of nitrogens with zero attached hydrogens (tertiary/aromatic N) is 1. The van der Waals surface area contributed by atoms with Crippen LogP contribution in [0, 0.1) is 3.57 Å². The molecule has 0 heterocycles. The molecule has 2 N–H and O–H groups in total. The minimum Gasteiger partial charge on any atom is -0.507 e. The quantitative estimate of drug-likeness (QED) is 0.461. The fourth-order valence-corrected chi connectivity index (χ4v) is 3.15. The topological polar surface area (TPSA) is 78.9 Å². The number of halogens is 1. The van der Waals surface area contributed by atoms with Gasteiger partial charge in [0.25, 0.3) is 5.91 Å². The van der Waals surface area contributed by atoms with E-state index in [-0.39, 0.29) is 11.3 Å². The lowest BCUT2D eigenvalue weighted by Gasteiger charge is -2.27. The molecule has 0 aliphatic heterocycles. The minimum absolute atomic E-state index is 0.0346. The second kappa shape index (κ2) is 9.59. The summed E-state index contributed by atoms with van der Waals surface area (Å²) in [6.45, 7) is 6.80. The number of rotatable bonds is 7. The van der Waals surface area contributed by atoms with Crippen molar-refractivity contribution in [2.45, 2.75) is 26.8 Å². The maximum Gasteiger partial charge on any atom is 0.342 e. The van der Waals surface area contributed by atoms with Crippen molar-refractivity contribution in [1.29, 1.82) is 0 Å². The summed E-state index contributed by atoms with van der Waals surface area (Å²) in [6, 6.07) is 12.5. The van der Waals surface area contributed by atoms with Crippen molar-refractivity contribution in [2.75, 3.05) is 23.4 Å². The number of phenols is 1. The summed E-state index contributed by atoms with van der Waals surface area (Å²) >= 11 is 2.02. The van der Waals surface area contributed by atoms with Gasteiger partial charge in [-0.3, -0.25) is 4.79 Å². The molecule has 0 saturated carbocycles. The highest BCUT2D eigenvalue weighted by Crippen LogP contribution is 2.21. The van der Waals surface area contributed by atoms with Gasteiger partial charge in [-0.2, -0.15) is 0 Å². The van der Waals surface area contributed by atoms with Crippen molar-refractivity contribution in [1.82, 2.24) is 0 Å². The van der Waals surface area contributed by atoms with E-state index in [1.807, 2.05) is 46.9 Å². The number of phenolic OH excluding ortho intramolecular Hbond substituents is 1. The first-order chi connectivity index (χ1) is 12.8. The summed E-state index contributed by atoms with van der Waals surface area (Å²) in [5.74, 6) is -1.37. The number of hydrogen-bond acceptors (Lipinski definition) is 5. The molecular weight excluding hydrogens is 459 g/mol. The van der Waals surface area contributed by atoms with Crippen LogP contribution >= 0.6 is 22.6 Å². The molecule has 2 aromatic carbocycles. The lowest BCUT2D eigenvalue weighted by atomic mass is 10.2. The van der Waals surface area contributed by atoms with Crippen molar-refractivity contribution in [2.24, 2.45) is 0 Å². The van der Waals surface area contributed by atoms with Crippen molar-refractivity contribution in [3.63, 3.8) is 0 Å². The first-order valence-electron chi connectivity index (χ1n) is 8.64. The number of benzene rings is 2. The highest BCUT2D eigenvalue weighted by molar-refractivity contribution is 14.1. The molecule has 0 aromatic heterocycles. The van der Waals surface area contributed by atoms with E-state index in [9.17, 15) is 14.7 Å². The molecule has 0 unspecified atom stereocenters. The fraction of sp³-hybridized carbons (Fsp3) is 0.300. The molecule has 0 aliphatic carbocycles. The van der Waals surface area contributed by atoms with Gasteiger partial charge in [0.15, 0.2) is 6.61 Å². The molecule has 0 atom stereocenters. The van der Waals surface area contributed by atoms with Crippen LogP contribution in [0.2, 0.25) is 0 Å². The standard InChI is InChI=1S/C20H23IN2O4/c1-4-23(13(2)3)16-8-6-15(7-9-16)22-19(25)12-27-20(26)17-11-14(21)5-10-18(17)24/h5-11,13,24H,4,12H2,1-3H3,(H,22,25). The molecule has 0 aliphatic rings. The number of carbonyl (C=O) groups is 2. The van der Waals surface area contributed by atoms with E-state index in [0.717, 1.165) is 15.8 Å². The molecule has 0 spiro atoms. The molecule has 2 aromatic rings. The smallest absolute Gasteiger partial charge is 0.342 e. The summed E-state index contributed by atoms with van der Waals surface area (Å²) in [6.07, 6.45) is 0. The van der Waals surface area contributed by atoms with E-state index >= 15 is 0 Å². The van der Waals surface area contributed by atoms with Crippen LogP contribution < -0.4 is 10.2 Å². The third kappa shape index (κ3) is 5.85. The Morgan fingerprint density at radius 1 is 1.19 bits per heavy atom. The molecule has 144 valence electrons. The number of carbonyl (C=O) groups excluding carboxylic acids is 2. The van der Waals surface area contributed by atoms with Gasteiger partial charge in [-0.1, -0.05) is 0 Å². The average molecular weight is 482 g/mol. The average Bonchev–Trinajstić information content (AvgIpc) is 2.63. The highest BCUT2D eigenvalue weighted by Gasteiger charge is 2.15. The zero-order chi connectivity index (χ0) is 20.0. The third-order valence-corrected chi connectivity index (χ3v) is 4.63. The second-order valence-corrected chi connectivity index (χ2v) is 7.46. The Balaban J connectivity index is 1.92. The molecule has 0 radical (unpaired) electrons. The van der Waals surface area contributed by atoms with E-state index in [0.29, 0.717) is 11.7 Å². The molecular formula is C20H23IN2O4. The van der Waals surface area contributed by atoms with Gasteiger partial charge in [0.05, 0.1) is 0 Å². The van der Waals surface area contributed by atoms with Crippen LogP contribution in [0.4, 0.5) is 11.4 Å². The second-order valence-electron chi connectivity index (χ2n) is 6.21. The number of nitrogens with one attached hydrogen (secondary N) is 1. The Labute approximate surface area is 172 Å². The van der Waals surface area contributed by atoms with E-state index in [1.54, 1.807) is 6.07 Å². The van der Waals surface area contributed by atoms with Crippen LogP contribution in [0.15, 0.2) is 42.5 Å². The normalized spacial score (nSPS) is 10.6. The first-order valence-corrected chi connectivity index (χ1v) is 9.72. The maximum absolute atomic E-state index is 12.0. The Hall–Kier alpha value is -2.29. The van der Waals surface area contributed by atoms with Crippen LogP contribution in [-0.2, 0) is 9.53 Å². The summed E-state index contributed by atoms with van der Waals surface area (Å²) in [5, 5.41) is 12.4. The zero-order valence-electron chi connectivity index (χ0n) is 15.5. The predicted octanol–water partition coefficient (Wildman–Crippen LogP) is 4.03. The predicted molar refractivity (Wildman–Crippen MR) is 114 cm³/mol. The van der Waals surface area contributed by atoms with Gasteiger partial charge in [0.2, 0.25) is 0 Å². The summed E-state index contributed by atoms with van der Waals surface area (Å²) < 4.78 is 5.77. The van der Waals surface area contributed by atoms with Gasteiger partial charge in [-0.05, 0) is 85.8 Å². The number of amides is 1. The van der Waals surface area contributed by atoms with Gasteiger partial charge >= 0.3 is 5.97 Å². The van der Waals surface area contributed by atoms with Gasteiger partial charge in [0, 0.05) is 27.5 Å². The molecule has 6 nitrogen and oxygen atoms in total. The van der Waals surface area contributed by atoms with Crippen LogP contribution in [0.5, 0.6) is 5.75 Å². The fourth-order valence-electron chi connectivity index (χ4n) is 2.66. The monoisotopic (exact) mass is 482 g/mol. The van der Waals surface area contributed by atoms with Gasteiger partial charge in [-0.25, -0.2) is 4.79 Å². The lowest BCUT2D eigenvalue weighted by molar-refractivity contribution is -0.119. The molecule has 27 heavy (non-hydrogen) atoms. The molecule has 1 amide bonds. The number of aromatic hydroxyl groups is 1. The van der Waals surface area contributed by atoms with Gasteiger partial charge < -0.3 is 20.1 Å². The maximum atomic E-state index is 12.0. The van der Waals surface area contributed by atoms with Crippen LogP contribution in [0.3, 0.4) is 0 Å². The third-order valence-electron chi connectivity index (χ3n) is 3.96. The molecule has 0 saturated heterocycles. The summed E-state index contributed by atoms with van der Waals surface area (Å²) in [7, 11) is 0. The van der Waals surface area contributed by atoms with Crippen LogP contribution in [-0.4, -0.2) is 36.2 Å². The summed E-state index contributed by atoms with van der Waals surface area (Å²) in [5.41, 5.74) is 1.73. The van der Waals surface area contributed by atoms with Crippen LogP contribution in [0.25, 0.3) is 0 Å². The van der Waals surface area contributed by atoms with E-state index < -0.39 is 18.5 Å².